The van der Waals surface area contributed by atoms with Crippen molar-refractivity contribution in [2.75, 3.05) is 19.6 Å². The Kier molecular flexibility index (Phi) is 3.73. The lowest BCUT2D eigenvalue weighted by molar-refractivity contribution is -0.129. The highest BCUT2D eigenvalue weighted by molar-refractivity contribution is 5.82. The Morgan fingerprint density at radius 3 is 2.47 bits per heavy atom. The Hall–Kier alpha value is -0.610. The van der Waals surface area contributed by atoms with Gasteiger partial charge in [-0.3, -0.25) is 9.69 Å². The number of hydrogen-bond donors (Lipinski definition) is 2. The maximum Gasteiger partial charge on any atom is 0.237 e. The van der Waals surface area contributed by atoms with Crippen molar-refractivity contribution in [1.82, 2.24) is 10.2 Å². The van der Waals surface area contributed by atoms with Gasteiger partial charge in [-0.05, 0) is 40.2 Å². The van der Waals surface area contributed by atoms with Gasteiger partial charge in [0.15, 0.2) is 0 Å². The number of amides is 1. The Morgan fingerprint density at radius 1 is 1.53 bits per heavy atom. The lowest BCUT2D eigenvalue weighted by Crippen LogP contribution is -2.59. The standard InChI is InChI=1S/C11H23N3O/c1-8(10(15)13-11(2,3)4)14-6-9(5-12)7-14/h8-9H,5-7,12H2,1-4H3,(H,13,15). The predicted octanol–water partition coefficient (Wildman–Crippen LogP) is 0.180. The molecule has 0 radical (unpaired) electrons. The minimum atomic E-state index is -0.149. The van der Waals surface area contributed by atoms with Crippen LogP contribution in [0.4, 0.5) is 0 Å². The molecule has 0 aromatic heterocycles. The summed E-state index contributed by atoms with van der Waals surface area (Å²) in [6.45, 7) is 10.6. The second-order valence-corrected chi connectivity index (χ2v) is 5.47. The zero-order chi connectivity index (χ0) is 11.6. The molecule has 1 aliphatic heterocycles. The van der Waals surface area contributed by atoms with Crippen LogP contribution in [0.2, 0.25) is 0 Å². The van der Waals surface area contributed by atoms with E-state index in [1.165, 1.54) is 0 Å². The molecule has 0 spiro atoms. The summed E-state index contributed by atoms with van der Waals surface area (Å²) in [5.74, 6) is 0.688. The third-order valence-electron chi connectivity index (χ3n) is 2.74. The molecule has 15 heavy (non-hydrogen) atoms. The summed E-state index contributed by atoms with van der Waals surface area (Å²) >= 11 is 0. The van der Waals surface area contributed by atoms with Gasteiger partial charge < -0.3 is 11.1 Å². The van der Waals surface area contributed by atoms with Crippen molar-refractivity contribution in [1.29, 1.82) is 0 Å². The molecular weight excluding hydrogens is 190 g/mol. The van der Waals surface area contributed by atoms with Crippen LogP contribution in [-0.2, 0) is 4.79 Å². The third-order valence-corrected chi connectivity index (χ3v) is 2.74. The van der Waals surface area contributed by atoms with Gasteiger partial charge in [0.25, 0.3) is 0 Å². The number of hydrogen-bond acceptors (Lipinski definition) is 3. The molecule has 4 heteroatoms. The summed E-state index contributed by atoms with van der Waals surface area (Å²) in [6.07, 6.45) is 0. The predicted molar refractivity (Wildman–Crippen MR) is 61.5 cm³/mol. The average molecular weight is 213 g/mol. The van der Waals surface area contributed by atoms with Gasteiger partial charge in [0.05, 0.1) is 6.04 Å². The third kappa shape index (κ3) is 3.47. The van der Waals surface area contributed by atoms with Crippen molar-refractivity contribution in [3.05, 3.63) is 0 Å². The topological polar surface area (TPSA) is 58.4 Å². The van der Waals surface area contributed by atoms with Gasteiger partial charge in [0.1, 0.15) is 0 Å². The first-order chi connectivity index (χ1) is 6.83. The van der Waals surface area contributed by atoms with Crippen LogP contribution in [0, 0.1) is 5.92 Å². The molecule has 88 valence electrons. The van der Waals surface area contributed by atoms with Gasteiger partial charge in [0.2, 0.25) is 5.91 Å². The van der Waals surface area contributed by atoms with Gasteiger partial charge in [-0.1, -0.05) is 0 Å². The second-order valence-electron chi connectivity index (χ2n) is 5.47. The molecule has 0 aliphatic carbocycles. The molecule has 0 saturated carbocycles. The van der Waals surface area contributed by atoms with Crippen LogP contribution >= 0.6 is 0 Å². The lowest BCUT2D eigenvalue weighted by Gasteiger charge is -2.42. The normalized spacial score (nSPS) is 20.9. The first kappa shape index (κ1) is 12.5. The Balaban J connectivity index is 2.35. The van der Waals surface area contributed by atoms with Gasteiger partial charge in [-0.15, -0.1) is 0 Å². The van der Waals surface area contributed by atoms with E-state index in [9.17, 15) is 4.79 Å². The Labute approximate surface area is 92.2 Å². The van der Waals surface area contributed by atoms with Crippen LogP contribution in [0.15, 0.2) is 0 Å². The summed E-state index contributed by atoms with van der Waals surface area (Å²) in [5, 5.41) is 2.99. The van der Waals surface area contributed by atoms with Gasteiger partial charge in [-0.2, -0.15) is 0 Å². The number of rotatable bonds is 3. The van der Waals surface area contributed by atoms with E-state index < -0.39 is 0 Å². The Morgan fingerprint density at radius 2 is 2.07 bits per heavy atom. The molecule has 3 N–H and O–H groups in total. The van der Waals surface area contributed by atoms with E-state index in [0.29, 0.717) is 5.92 Å². The van der Waals surface area contributed by atoms with Crippen molar-refractivity contribution in [3.8, 4) is 0 Å². The quantitative estimate of drug-likeness (QED) is 0.703. The highest BCUT2D eigenvalue weighted by Gasteiger charge is 2.33. The first-order valence-corrected chi connectivity index (χ1v) is 5.59. The van der Waals surface area contributed by atoms with Gasteiger partial charge in [-0.25, -0.2) is 0 Å². The zero-order valence-corrected chi connectivity index (χ0v) is 10.2. The number of nitrogens with one attached hydrogen (secondary N) is 1. The maximum absolute atomic E-state index is 11.8. The summed E-state index contributed by atoms with van der Waals surface area (Å²) < 4.78 is 0. The molecule has 1 rings (SSSR count). The van der Waals surface area contributed by atoms with E-state index in [1.54, 1.807) is 0 Å². The maximum atomic E-state index is 11.8. The summed E-state index contributed by atoms with van der Waals surface area (Å²) in [4.78, 5) is 14.0. The largest absolute Gasteiger partial charge is 0.350 e. The molecule has 1 atom stereocenters. The van der Waals surface area contributed by atoms with Gasteiger partial charge >= 0.3 is 0 Å². The van der Waals surface area contributed by atoms with E-state index in [1.807, 2.05) is 27.7 Å². The molecule has 1 saturated heterocycles. The highest BCUT2D eigenvalue weighted by Crippen LogP contribution is 2.17. The smallest absolute Gasteiger partial charge is 0.237 e. The fourth-order valence-electron chi connectivity index (χ4n) is 1.71. The minimum absolute atomic E-state index is 0.0352. The van der Waals surface area contributed by atoms with Crippen LogP contribution in [0.1, 0.15) is 27.7 Å². The molecule has 1 aliphatic rings. The molecule has 1 unspecified atom stereocenters. The summed E-state index contributed by atoms with van der Waals surface area (Å²) in [5.41, 5.74) is 5.40. The molecule has 1 amide bonds. The Bertz CT molecular complexity index is 228. The lowest BCUT2D eigenvalue weighted by atomic mass is 9.97. The first-order valence-electron chi connectivity index (χ1n) is 5.59. The SMILES string of the molecule is CC(C(=O)NC(C)(C)C)N1CC(CN)C1. The molecule has 0 bridgehead atoms. The van der Waals surface area contributed by atoms with E-state index >= 15 is 0 Å². The van der Waals surface area contributed by atoms with Gasteiger partial charge in [0, 0.05) is 18.6 Å². The van der Waals surface area contributed by atoms with E-state index in [-0.39, 0.29) is 17.5 Å². The fraction of sp³-hybridized carbons (Fsp3) is 0.909. The molecular formula is C11H23N3O. The number of carbonyl (C=O) groups is 1. The van der Waals surface area contributed by atoms with Crippen molar-refractivity contribution < 1.29 is 4.79 Å². The minimum Gasteiger partial charge on any atom is -0.350 e. The van der Waals surface area contributed by atoms with E-state index in [0.717, 1.165) is 19.6 Å². The zero-order valence-electron chi connectivity index (χ0n) is 10.2. The average Bonchev–Trinajstić information content (AvgIpc) is 1.98. The monoisotopic (exact) mass is 213 g/mol. The molecule has 4 nitrogen and oxygen atoms in total. The molecule has 1 heterocycles. The summed E-state index contributed by atoms with van der Waals surface area (Å²) in [7, 11) is 0. The number of nitrogens with two attached hydrogens (primary N) is 1. The molecule has 0 aromatic rings. The van der Waals surface area contributed by atoms with Crippen LogP contribution in [0.25, 0.3) is 0 Å². The van der Waals surface area contributed by atoms with Crippen LogP contribution in [0.3, 0.4) is 0 Å². The van der Waals surface area contributed by atoms with E-state index in [2.05, 4.69) is 10.2 Å². The summed E-state index contributed by atoms with van der Waals surface area (Å²) in [6, 6.07) is -0.0352. The van der Waals surface area contributed by atoms with Crippen LogP contribution in [0.5, 0.6) is 0 Å². The van der Waals surface area contributed by atoms with Crippen molar-refractivity contribution in [2.45, 2.75) is 39.3 Å². The van der Waals surface area contributed by atoms with Crippen LogP contribution in [-0.4, -0.2) is 42.0 Å². The van der Waals surface area contributed by atoms with E-state index in [4.69, 9.17) is 5.73 Å². The number of nitrogens with zero attached hydrogens (tertiary/aromatic N) is 1. The van der Waals surface area contributed by atoms with Crippen molar-refractivity contribution in [3.63, 3.8) is 0 Å². The second kappa shape index (κ2) is 4.49. The number of carbonyl (C=O) groups excluding carboxylic acids is 1. The van der Waals surface area contributed by atoms with Crippen molar-refractivity contribution >= 4 is 5.91 Å². The van der Waals surface area contributed by atoms with Crippen molar-refractivity contribution in [2.24, 2.45) is 11.7 Å². The number of likely N-dealkylation sites (tertiary alicyclic amines) is 1. The highest BCUT2D eigenvalue weighted by atomic mass is 16.2. The van der Waals surface area contributed by atoms with Crippen LogP contribution < -0.4 is 11.1 Å². The fourth-order valence-corrected chi connectivity index (χ4v) is 1.71. The molecule has 1 fully saturated rings. The molecule has 0 aromatic carbocycles.